The van der Waals surface area contributed by atoms with Crippen molar-refractivity contribution in [1.29, 1.82) is 0 Å². The maximum absolute atomic E-state index is 12.8. The maximum atomic E-state index is 12.8. The van der Waals surface area contributed by atoms with Crippen LogP contribution in [0.3, 0.4) is 0 Å². The fourth-order valence-electron chi connectivity index (χ4n) is 4.54. The summed E-state index contributed by atoms with van der Waals surface area (Å²) in [7, 11) is 1.58. The number of hydrogen-bond donors (Lipinski definition) is 1. The molecule has 0 atom stereocenters. The number of imidazole rings is 1. The van der Waals surface area contributed by atoms with E-state index in [1.54, 1.807) is 13.2 Å². The highest BCUT2D eigenvalue weighted by Crippen LogP contribution is 2.34. The van der Waals surface area contributed by atoms with Crippen molar-refractivity contribution in [2.24, 2.45) is 0 Å². The number of thioether (sulfide) groups is 1. The number of rotatable bonds is 8. The third-order valence-electron chi connectivity index (χ3n) is 6.35. The second kappa shape index (κ2) is 10.9. The molecule has 0 radical (unpaired) electrons. The molecule has 4 aromatic rings. The summed E-state index contributed by atoms with van der Waals surface area (Å²) >= 11 is 1.26. The van der Waals surface area contributed by atoms with E-state index in [1.807, 2.05) is 53.1 Å². The Morgan fingerprint density at radius 2 is 1.84 bits per heavy atom. The highest BCUT2D eigenvalue weighted by Gasteiger charge is 2.19. The molecular formula is C27H27N5O4S. The molecule has 1 N–H and O–H groups in total. The van der Waals surface area contributed by atoms with Crippen LogP contribution in [0, 0.1) is 10.1 Å². The quantitative estimate of drug-likeness (QED) is 0.183. The van der Waals surface area contributed by atoms with Crippen molar-refractivity contribution in [3.8, 4) is 11.4 Å². The number of nitrogens with one attached hydrogen (secondary N) is 1. The lowest BCUT2D eigenvalue weighted by molar-refractivity contribution is -0.384. The van der Waals surface area contributed by atoms with Crippen molar-refractivity contribution in [3.63, 3.8) is 0 Å². The maximum Gasteiger partial charge on any atom is 0.271 e. The summed E-state index contributed by atoms with van der Waals surface area (Å²) in [5.41, 5.74) is 3.76. The van der Waals surface area contributed by atoms with Crippen LogP contribution in [-0.2, 0) is 4.79 Å². The van der Waals surface area contributed by atoms with E-state index < -0.39 is 4.92 Å². The van der Waals surface area contributed by atoms with Gasteiger partial charge in [0.1, 0.15) is 5.75 Å². The number of carbonyl (C=O) groups is 1. The van der Waals surface area contributed by atoms with Crippen molar-refractivity contribution in [2.75, 3.05) is 36.2 Å². The van der Waals surface area contributed by atoms with Crippen LogP contribution < -0.4 is 15.0 Å². The van der Waals surface area contributed by atoms with Gasteiger partial charge in [0.15, 0.2) is 5.16 Å². The Morgan fingerprint density at radius 1 is 1.08 bits per heavy atom. The molecule has 2 heterocycles. The summed E-state index contributed by atoms with van der Waals surface area (Å²) in [6.45, 7) is 2.14. The number of methoxy groups -OCH3 is 1. The lowest BCUT2D eigenvalue weighted by atomic mass is 10.1. The van der Waals surface area contributed by atoms with Gasteiger partial charge in [-0.1, -0.05) is 23.9 Å². The van der Waals surface area contributed by atoms with Crippen molar-refractivity contribution in [3.05, 3.63) is 76.8 Å². The molecule has 1 aromatic heterocycles. The second-order valence-electron chi connectivity index (χ2n) is 8.76. The van der Waals surface area contributed by atoms with Gasteiger partial charge in [-0.15, -0.1) is 0 Å². The summed E-state index contributed by atoms with van der Waals surface area (Å²) in [6.07, 6.45) is 3.70. The highest BCUT2D eigenvalue weighted by molar-refractivity contribution is 7.99. The zero-order valence-corrected chi connectivity index (χ0v) is 21.2. The van der Waals surface area contributed by atoms with E-state index >= 15 is 0 Å². The largest absolute Gasteiger partial charge is 0.495 e. The molecule has 0 spiro atoms. The number of amides is 1. The Morgan fingerprint density at radius 3 is 2.57 bits per heavy atom. The smallest absolute Gasteiger partial charge is 0.271 e. The van der Waals surface area contributed by atoms with Crippen molar-refractivity contribution < 1.29 is 14.5 Å². The minimum atomic E-state index is -0.446. The zero-order chi connectivity index (χ0) is 25.8. The fraction of sp³-hybridized carbons (Fsp3) is 0.259. The molecule has 10 heteroatoms. The number of carbonyl (C=O) groups excluding carboxylic acids is 1. The van der Waals surface area contributed by atoms with Gasteiger partial charge in [0.2, 0.25) is 5.91 Å². The molecule has 1 aliphatic rings. The molecule has 1 fully saturated rings. The standard InChI is InChI=1S/C27H27N5O4S/c1-36-25-8-4-3-7-24(25)31-23-14-13-21(32(34)35)17-22(23)29-27(31)37-18-26(33)28-19-9-11-20(12-10-19)30-15-5-2-6-16-30/h3-4,7-14,17H,2,5-6,15-16,18H2,1H3,(H,28,33). The molecule has 190 valence electrons. The van der Waals surface area contributed by atoms with Gasteiger partial charge in [0.05, 0.1) is 34.5 Å². The van der Waals surface area contributed by atoms with Crippen LogP contribution in [0.1, 0.15) is 19.3 Å². The predicted molar refractivity (Wildman–Crippen MR) is 146 cm³/mol. The zero-order valence-electron chi connectivity index (χ0n) is 20.4. The molecular weight excluding hydrogens is 490 g/mol. The van der Waals surface area contributed by atoms with Crippen LogP contribution in [0.2, 0.25) is 0 Å². The number of anilines is 2. The first-order valence-corrected chi connectivity index (χ1v) is 13.1. The molecule has 1 saturated heterocycles. The summed E-state index contributed by atoms with van der Waals surface area (Å²) < 4.78 is 7.41. The van der Waals surface area contributed by atoms with E-state index in [2.05, 4.69) is 15.2 Å². The van der Waals surface area contributed by atoms with Gasteiger partial charge >= 0.3 is 0 Å². The topological polar surface area (TPSA) is 103 Å². The Labute approximate surface area is 218 Å². The van der Waals surface area contributed by atoms with E-state index in [4.69, 9.17) is 4.74 Å². The van der Waals surface area contributed by atoms with E-state index in [0.717, 1.165) is 24.5 Å². The number of non-ortho nitro benzene ring substituents is 1. The van der Waals surface area contributed by atoms with Gasteiger partial charge in [-0.05, 0) is 61.7 Å². The number of hydrogen-bond acceptors (Lipinski definition) is 7. The van der Waals surface area contributed by atoms with Gasteiger partial charge in [0.25, 0.3) is 5.69 Å². The second-order valence-corrected chi connectivity index (χ2v) is 9.71. The summed E-state index contributed by atoms with van der Waals surface area (Å²) in [5.74, 6) is 0.578. The van der Waals surface area contributed by atoms with E-state index in [9.17, 15) is 14.9 Å². The minimum absolute atomic E-state index is 0.0422. The Hall–Kier alpha value is -4.05. The first-order valence-electron chi connectivity index (χ1n) is 12.1. The normalized spacial score (nSPS) is 13.5. The van der Waals surface area contributed by atoms with Crippen LogP contribution in [0.5, 0.6) is 5.75 Å². The van der Waals surface area contributed by atoms with E-state index in [1.165, 1.54) is 48.8 Å². The number of piperidine rings is 1. The molecule has 1 amide bonds. The molecule has 0 bridgehead atoms. The minimum Gasteiger partial charge on any atom is -0.495 e. The number of fused-ring (bicyclic) bond motifs is 1. The predicted octanol–water partition coefficient (Wildman–Crippen LogP) is 5.66. The van der Waals surface area contributed by atoms with Gasteiger partial charge < -0.3 is 15.0 Å². The average molecular weight is 518 g/mol. The number of benzene rings is 3. The number of nitro benzene ring substituents is 1. The number of para-hydroxylation sites is 2. The van der Waals surface area contributed by atoms with Gasteiger partial charge in [-0.3, -0.25) is 19.5 Å². The van der Waals surface area contributed by atoms with Gasteiger partial charge in [-0.2, -0.15) is 0 Å². The molecule has 5 rings (SSSR count). The number of nitrogens with zero attached hydrogens (tertiary/aromatic N) is 4. The molecule has 3 aromatic carbocycles. The molecule has 37 heavy (non-hydrogen) atoms. The number of aromatic nitrogens is 2. The van der Waals surface area contributed by atoms with Crippen molar-refractivity contribution in [2.45, 2.75) is 24.4 Å². The number of ether oxygens (including phenoxy) is 1. The molecule has 0 saturated carbocycles. The average Bonchev–Trinajstić information content (AvgIpc) is 3.30. The molecule has 1 aliphatic heterocycles. The SMILES string of the molecule is COc1ccccc1-n1c(SCC(=O)Nc2ccc(N3CCCCC3)cc2)nc2cc([N+](=O)[O-])ccc21. The summed E-state index contributed by atoms with van der Waals surface area (Å²) in [5, 5.41) is 14.8. The van der Waals surface area contributed by atoms with Crippen LogP contribution in [0.4, 0.5) is 17.1 Å². The number of nitro groups is 1. The van der Waals surface area contributed by atoms with E-state index in [0.29, 0.717) is 21.9 Å². The van der Waals surface area contributed by atoms with E-state index in [-0.39, 0.29) is 17.3 Å². The van der Waals surface area contributed by atoms with Gasteiger partial charge in [0, 0.05) is 36.6 Å². The van der Waals surface area contributed by atoms with Crippen molar-refractivity contribution in [1.82, 2.24) is 9.55 Å². The molecule has 0 unspecified atom stereocenters. The Balaban J connectivity index is 1.36. The van der Waals surface area contributed by atoms with Gasteiger partial charge in [-0.25, -0.2) is 4.98 Å². The summed E-state index contributed by atoms with van der Waals surface area (Å²) in [6, 6.07) is 20.0. The fourth-order valence-corrected chi connectivity index (χ4v) is 5.36. The lowest BCUT2D eigenvalue weighted by Crippen LogP contribution is -2.29. The lowest BCUT2D eigenvalue weighted by Gasteiger charge is -2.28. The van der Waals surface area contributed by atoms with Crippen LogP contribution >= 0.6 is 11.8 Å². The summed E-state index contributed by atoms with van der Waals surface area (Å²) in [4.78, 5) is 30.7. The highest BCUT2D eigenvalue weighted by atomic mass is 32.2. The first kappa shape index (κ1) is 24.6. The monoisotopic (exact) mass is 517 g/mol. The van der Waals surface area contributed by atoms with Crippen LogP contribution in [0.15, 0.2) is 71.9 Å². The van der Waals surface area contributed by atoms with Crippen LogP contribution in [-0.4, -0.2) is 46.3 Å². The van der Waals surface area contributed by atoms with Crippen LogP contribution in [0.25, 0.3) is 16.7 Å². The molecule has 0 aliphatic carbocycles. The van der Waals surface area contributed by atoms with Crippen molar-refractivity contribution >= 4 is 45.8 Å². The first-order chi connectivity index (χ1) is 18.0. The third-order valence-corrected chi connectivity index (χ3v) is 7.29. The Bertz CT molecular complexity index is 1430. The Kier molecular flexibility index (Phi) is 7.27. The molecule has 9 nitrogen and oxygen atoms in total. The third kappa shape index (κ3) is 5.39.